The van der Waals surface area contributed by atoms with E-state index >= 15 is 0 Å². The number of amides is 1. The lowest BCUT2D eigenvalue weighted by Crippen LogP contribution is -2.46. The Labute approximate surface area is 217 Å². The lowest BCUT2D eigenvalue weighted by atomic mass is 9.99. The van der Waals surface area contributed by atoms with Crippen LogP contribution in [0.1, 0.15) is 25.3 Å². The van der Waals surface area contributed by atoms with Crippen LogP contribution in [0, 0.1) is 12.8 Å². The number of fused-ring (bicyclic) bond motifs is 1. The minimum Gasteiger partial charge on any atom is -0.494 e. The van der Waals surface area contributed by atoms with Crippen LogP contribution in [0.2, 0.25) is 5.02 Å². The average Bonchev–Trinajstić information content (AvgIpc) is 2.87. The number of anilines is 1. The Morgan fingerprint density at radius 2 is 2.03 bits per heavy atom. The number of aryl methyl sites for hydroxylation is 1. The first-order valence-corrected chi connectivity index (χ1v) is 13.9. The van der Waals surface area contributed by atoms with Gasteiger partial charge in [-0.05, 0) is 74.7 Å². The largest absolute Gasteiger partial charge is 0.494 e. The van der Waals surface area contributed by atoms with Crippen LogP contribution in [0.4, 0.5) is 5.69 Å². The van der Waals surface area contributed by atoms with Crippen molar-refractivity contribution >= 4 is 44.1 Å². The Kier molecular flexibility index (Phi) is 8.33. The lowest BCUT2D eigenvalue weighted by Gasteiger charge is -2.31. The number of rotatable bonds is 9. The van der Waals surface area contributed by atoms with Crippen LogP contribution >= 0.6 is 11.6 Å². The maximum Gasteiger partial charge on any atom is 0.243 e. The second-order valence-electron chi connectivity index (χ2n) is 8.80. The molecule has 10 heteroatoms. The molecule has 0 spiro atoms. The molecule has 0 bridgehead atoms. The molecule has 8 nitrogen and oxygen atoms in total. The maximum absolute atomic E-state index is 13.3. The first kappa shape index (κ1) is 26.2. The van der Waals surface area contributed by atoms with E-state index in [9.17, 15) is 13.2 Å². The average molecular weight is 531 g/mol. The van der Waals surface area contributed by atoms with Gasteiger partial charge in [-0.25, -0.2) is 8.42 Å². The van der Waals surface area contributed by atoms with E-state index in [0.29, 0.717) is 49.9 Å². The predicted octanol–water partition coefficient (Wildman–Crippen LogP) is 4.22. The summed E-state index contributed by atoms with van der Waals surface area (Å²) in [6.45, 7) is 5.73. The summed E-state index contributed by atoms with van der Waals surface area (Å²) in [4.78, 5) is 17.4. The van der Waals surface area contributed by atoms with Crippen LogP contribution in [0.3, 0.4) is 0 Å². The summed E-state index contributed by atoms with van der Waals surface area (Å²) in [5, 5.41) is 7.85. The Bertz CT molecular complexity index is 1350. The van der Waals surface area contributed by atoms with E-state index in [1.54, 1.807) is 30.5 Å². The van der Waals surface area contributed by atoms with E-state index in [2.05, 4.69) is 15.6 Å². The maximum atomic E-state index is 13.3. The zero-order valence-electron chi connectivity index (χ0n) is 20.5. The molecule has 192 valence electrons. The number of aromatic nitrogens is 1. The quantitative estimate of drug-likeness (QED) is 0.402. The van der Waals surface area contributed by atoms with E-state index in [0.717, 1.165) is 22.2 Å². The van der Waals surface area contributed by atoms with Crippen LogP contribution < -0.4 is 15.4 Å². The van der Waals surface area contributed by atoms with Crippen LogP contribution in [0.5, 0.6) is 5.75 Å². The van der Waals surface area contributed by atoms with Gasteiger partial charge in [0.1, 0.15) is 5.75 Å². The van der Waals surface area contributed by atoms with Gasteiger partial charge in [-0.15, -0.1) is 0 Å². The number of carbonyl (C=O) groups excluding carboxylic acids is 1. The molecule has 2 aromatic carbocycles. The monoisotopic (exact) mass is 530 g/mol. The Morgan fingerprint density at radius 3 is 2.81 bits per heavy atom. The van der Waals surface area contributed by atoms with Crippen molar-refractivity contribution in [2.24, 2.45) is 5.92 Å². The van der Waals surface area contributed by atoms with E-state index in [-0.39, 0.29) is 23.3 Å². The third-order valence-electron chi connectivity index (χ3n) is 6.28. The lowest BCUT2D eigenvalue weighted by molar-refractivity contribution is -0.125. The molecule has 1 aliphatic rings. The summed E-state index contributed by atoms with van der Waals surface area (Å²) in [5.74, 6) is 0.150. The number of hydrogen-bond donors (Lipinski definition) is 2. The van der Waals surface area contributed by atoms with Gasteiger partial charge in [-0.1, -0.05) is 11.6 Å². The number of halogens is 1. The zero-order valence-corrected chi connectivity index (χ0v) is 22.0. The highest BCUT2D eigenvalue weighted by Crippen LogP contribution is 2.28. The van der Waals surface area contributed by atoms with Crippen molar-refractivity contribution in [3.05, 3.63) is 59.2 Å². The fourth-order valence-corrected chi connectivity index (χ4v) is 6.20. The number of nitrogens with zero attached hydrogens (tertiary/aromatic N) is 2. The van der Waals surface area contributed by atoms with Crippen molar-refractivity contribution in [3.8, 4) is 5.75 Å². The topological polar surface area (TPSA) is 101 Å². The smallest absolute Gasteiger partial charge is 0.243 e. The molecule has 1 amide bonds. The van der Waals surface area contributed by atoms with Gasteiger partial charge in [0.05, 0.1) is 22.9 Å². The highest BCUT2D eigenvalue weighted by Gasteiger charge is 2.33. The molecule has 1 aliphatic heterocycles. The minimum atomic E-state index is -3.70. The van der Waals surface area contributed by atoms with Gasteiger partial charge in [0, 0.05) is 48.5 Å². The number of benzene rings is 2. The summed E-state index contributed by atoms with van der Waals surface area (Å²) in [5.41, 5.74) is 2.47. The molecule has 0 aliphatic carbocycles. The fourth-order valence-electron chi connectivity index (χ4n) is 4.43. The molecule has 2 heterocycles. The molecule has 0 saturated carbocycles. The first-order chi connectivity index (χ1) is 17.3. The molecule has 3 aromatic rings. The number of sulfonamides is 1. The molecule has 1 saturated heterocycles. The van der Waals surface area contributed by atoms with Gasteiger partial charge < -0.3 is 15.4 Å². The molecule has 36 heavy (non-hydrogen) atoms. The molecule has 0 radical (unpaired) electrons. The van der Waals surface area contributed by atoms with E-state index in [1.165, 1.54) is 4.31 Å². The third kappa shape index (κ3) is 5.91. The molecule has 1 fully saturated rings. The van der Waals surface area contributed by atoms with Crippen LogP contribution in [0.15, 0.2) is 53.6 Å². The zero-order chi connectivity index (χ0) is 25.7. The number of pyridine rings is 1. The van der Waals surface area contributed by atoms with Gasteiger partial charge in [-0.3, -0.25) is 9.78 Å². The second-order valence-corrected chi connectivity index (χ2v) is 11.2. The Morgan fingerprint density at radius 1 is 1.19 bits per heavy atom. The highest BCUT2D eigenvalue weighted by molar-refractivity contribution is 7.89. The molecule has 4 rings (SSSR count). The SMILES string of the molecule is CCOc1ccc(S(=O)(=O)N2CCC[C@@H](C(=O)NCCNc3ccnc4cc(Cl)ccc34)C2)cc1C. The van der Waals surface area contributed by atoms with Gasteiger partial charge >= 0.3 is 0 Å². The van der Waals surface area contributed by atoms with Gasteiger partial charge in [0.25, 0.3) is 0 Å². The Hall–Kier alpha value is -2.88. The van der Waals surface area contributed by atoms with Crippen molar-refractivity contribution in [1.29, 1.82) is 0 Å². The number of ether oxygens (including phenoxy) is 1. The molecule has 1 atom stereocenters. The fraction of sp³-hybridized carbons (Fsp3) is 0.385. The normalized spacial score (nSPS) is 16.6. The number of piperidine rings is 1. The summed E-state index contributed by atoms with van der Waals surface area (Å²) < 4.78 is 33.4. The predicted molar refractivity (Wildman–Crippen MR) is 142 cm³/mol. The summed E-state index contributed by atoms with van der Waals surface area (Å²) in [6.07, 6.45) is 3.00. The minimum absolute atomic E-state index is 0.133. The van der Waals surface area contributed by atoms with Crippen LogP contribution in [-0.4, -0.2) is 56.4 Å². The van der Waals surface area contributed by atoms with Gasteiger partial charge in [0.2, 0.25) is 15.9 Å². The van der Waals surface area contributed by atoms with E-state index in [1.807, 2.05) is 32.0 Å². The number of carbonyl (C=O) groups is 1. The second kappa shape index (κ2) is 11.5. The standard InChI is InChI=1S/C26H31ClN4O4S/c1-3-35-25-9-7-21(15-18(25)2)36(33,34)31-14-4-5-19(17-31)26(32)30-13-12-29-23-10-11-28-24-16-20(27)6-8-22(23)24/h6-11,15-16,19H,3-5,12-14,17H2,1-2H3,(H,28,29)(H,30,32)/t19-/m1/s1. The van der Waals surface area contributed by atoms with Crippen molar-refractivity contribution in [3.63, 3.8) is 0 Å². The van der Waals surface area contributed by atoms with Crippen LogP contribution in [0.25, 0.3) is 10.9 Å². The molecular weight excluding hydrogens is 500 g/mol. The summed E-state index contributed by atoms with van der Waals surface area (Å²) in [7, 11) is -3.70. The third-order valence-corrected chi connectivity index (χ3v) is 8.38. The Balaban J connectivity index is 1.33. The molecule has 2 N–H and O–H groups in total. The van der Waals surface area contributed by atoms with Gasteiger partial charge in [0.15, 0.2) is 0 Å². The highest BCUT2D eigenvalue weighted by atomic mass is 35.5. The van der Waals surface area contributed by atoms with Gasteiger partial charge in [-0.2, -0.15) is 4.31 Å². The summed E-state index contributed by atoms with van der Waals surface area (Å²) >= 11 is 6.05. The first-order valence-electron chi connectivity index (χ1n) is 12.1. The number of hydrogen-bond acceptors (Lipinski definition) is 6. The summed E-state index contributed by atoms with van der Waals surface area (Å²) in [6, 6.07) is 12.3. The van der Waals surface area contributed by atoms with Crippen LogP contribution in [-0.2, 0) is 14.8 Å². The van der Waals surface area contributed by atoms with Crippen molar-refractivity contribution in [1.82, 2.24) is 14.6 Å². The molecule has 1 aromatic heterocycles. The van der Waals surface area contributed by atoms with Crippen molar-refractivity contribution in [2.45, 2.75) is 31.6 Å². The van der Waals surface area contributed by atoms with Crippen molar-refractivity contribution < 1.29 is 17.9 Å². The van der Waals surface area contributed by atoms with E-state index in [4.69, 9.17) is 16.3 Å². The van der Waals surface area contributed by atoms with E-state index < -0.39 is 10.0 Å². The molecular formula is C26H31ClN4O4S. The van der Waals surface area contributed by atoms with Crippen molar-refractivity contribution in [2.75, 3.05) is 38.1 Å². The molecule has 0 unspecified atom stereocenters. The number of nitrogens with one attached hydrogen (secondary N) is 2.